The molecule has 1 aliphatic carbocycles. The van der Waals surface area contributed by atoms with Gasteiger partial charge in [0.25, 0.3) is 0 Å². The van der Waals surface area contributed by atoms with Crippen LogP contribution in [0.5, 0.6) is 0 Å². The molecule has 1 saturated carbocycles. The minimum absolute atomic E-state index is 0.0793. The van der Waals surface area contributed by atoms with E-state index in [1.807, 2.05) is 6.92 Å². The lowest BCUT2D eigenvalue weighted by Crippen LogP contribution is -2.48. The SMILES string of the molecule is CC(C)CNC(=O)C(C)N[C@@H](C)C1CCCC1. The first kappa shape index (κ1) is 14.5. The smallest absolute Gasteiger partial charge is 0.236 e. The van der Waals surface area contributed by atoms with Gasteiger partial charge in [-0.15, -0.1) is 0 Å². The van der Waals surface area contributed by atoms with Crippen LogP contribution in [0.25, 0.3) is 0 Å². The molecule has 0 radical (unpaired) electrons. The van der Waals surface area contributed by atoms with Gasteiger partial charge < -0.3 is 10.6 Å². The number of nitrogens with one attached hydrogen (secondary N) is 2. The molecule has 1 rings (SSSR count). The molecular formula is C14H28N2O. The predicted octanol–water partition coefficient (Wildman–Crippen LogP) is 2.32. The number of hydrogen-bond acceptors (Lipinski definition) is 2. The van der Waals surface area contributed by atoms with Crippen molar-refractivity contribution in [2.45, 2.75) is 65.5 Å². The van der Waals surface area contributed by atoms with Crippen LogP contribution in [0, 0.1) is 11.8 Å². The minimum Gasteiger partial charge on any atom is -0.354 e. The third kappa shape index (κ3) is 5.07. The zero-order valence-electron chi connectivity index (χ0n) is 11.8. The molecule has 0 aromatic rings. The number of carbonyl (C=O) groups is 1. The molecule has 2 atom stereocenters. The lowest BCUT2D eigenvalue weighted by Gasteiger charge is -2.24. The Morgan fingerprint density at radius 2 is 1.76 bits per heavy atom. The molecule has 0 aromatic heterocycles. The van der Waals surface area contributed by atoms with Crippen LogP contribution in [0.4, 0.5) is 0 Å². The van der Waals surface area contributed by atoms with Crippen molar-refractivity contribution in [3.05, 3.63) is 0 Å². The van der Waals surface area contributed by atoms with Gasteiger partial charge in [0.2, 0.25) is 5.91 Å². The molecule has 0 saturated heterocycles. The zero-order chi connectivity index (χ0) is 12.8. The summed E-state index contributed by atoms with van der Waals surface area (Å²) in [5.41, 5.74) is 0. The first-order valence-electron chi connectivity index (χ1n) is 7.04. The molecule has 17 heavy (non-hydrogen) atoms. The van der Waals surface area contributed by atoms with Crippen LogP contribution in [-0.4, -0.2) is 24.5 Å². The highest BCUT2D eigenvalue weighted by Crippen LogP contribution is 2.27. The van der Waals surface area contributed by atoms with E-state index in [0.29, 0.717) is 12.0 Å². The minimum atomic E-state index is -0.0793. The van der Waals surface area contributed by atoms with Gasteiger partial charge in [-0.3, -0.25) is 4.79 Å². The van der Waals surface area contributed by atoms with Gasteiger partial charge in [0.1, 0.15) is 0 Å². The van der Waals surface area contributed by atoms with Crippen LogP contribution in [-0.2, 0) is 4.79 Å². The van der Waals surface area contributed by atoms with Gasteiger partial charge in [-0.2, -0.15) is 0 Å². The summed E-state index contributed by atoms with van der Waals surface area (Å²) in [6.45, 7) is 9.16. The normalized spacial score (nSPS) is 20.5. The number of carbonyl (C=O) groups excluding carboxylic acids is 1. The van der Waals surface area contributed by atoms with E-state index in [4.69, 9.17) is 0 Å². The number of amides is 1. The Morgan fingerprint density at radius 3 is 2.29 bits per heavy atom. The molecule has 0 aliphatic heterocycles. The summed E-state index contributed by atoms with van der Waals surface area (Å²) >= 11 is 0. The highest BCUT2D eigenvalue weighted by molar-refractivity contribution is 5.81. The van der Waals surface area contributed by atoms with Gasteiger partial charge in [-0.1, -0.05) is 26.7 Å². The monoisotopic (exact) mass is 240 g/mol. The van der Waals surface area contributed by atoms with Crippen molar-refractivity contribution in [2.75, 3.05) is 6.54 Å². The van der Waals surface area contributed by atoms with Crippen molar-refractivity contribution in [1.82, 2.24) is 10.6 Å². The molecule has 0 spiro atoms. The molecule has 100 valence electrons. The first-order chi connectivity index (χ1) is 8.00. The average Bonchev–Trinajstić information content (AvgIpc) is 2.78. The quantitative estimate of drug-likeness (QED) is 0.748. The van der Waals surface area contributed by atoms with Gasteiger partial charge in [-0.05, 0) is 38.5 Å². The van der Waals surface area contributed by atoms with E-state index in [9.17, 15) is 4.79 Å². The summed E-state index contributed by atoms with van der Waals surface area (Å²) in [5.74, 6) is 1.40. The molecular weight excluding hydrogens is 212 g/mol. The highest BCUT2D eigenvalue weighted by atomic mass is 16.2. The van der Waals surface area contributed by atoms with Crippen LogP contribution >= 0.6 is 0 Å². The topological polar surface area (TPSA) is 41.1 Å². The summed E-state index contributed by atoms with van der Waals surface area (Å²) in [6, 6.07) is 0.377. The van der Waals surface area contributed by atoms with Crippen LogP contribution in [0.2, 0.25) is 0 Å². The van der Waals surface area contributed by atoms with Crippen molar-refractivity contribution in [1.29, 1.82) is 0 Å². The Balaban J connectivity index is 2.26. The maximum absolute atomic E-state index is 11.8. The van der Waals surface area contributed by atoms with E-state index >= 15 is 0 Å². The first-order valence-corrected chi connectivity index (χ1v) is 7.04. The lowest BCUT2D eigenvalue weighted by atomic mass is 9.99. The van der Waals surface area contributed by atoms with E-state index in [2.05, 4.69) is 31.4 Å². The maximum Gasteiger partial charge on any atom is 0.236 e. The Labute approximate surface area is 106 Å². The van der Waals surface area contributed by atoms with Crippen LogP contribution in [0.15, 0.2) is 0 Å². The van der Waals surface area contributed by atoms with Gasteiger partial charge >= 0.3 is 0 Å². The molecule has 0 aromatic carbocycles. The maximum atomic E-state index is 11.8. The molecule has 1 fully saturated rings. The van der Waals surface area contributed by atoms with Crippen molar-refractivity contribution in [2.24, 2.45) is 11.8 Å². The standard InChI is InChI=1S/C14H28N2O/c1-10(2)9-15-14(17)12(4)16-11(3)13-7-5-6-8-13/h10-13,16H,5-9H2,1-4H3,(H,15,17)/t11-,12?/m0/s1. The van der Waals surface area contributed by atoms with Crippen LogP contribution in [0.1, 0.15) is 53.4 Å². The summed E-state index contributed by atoms with van der Waals surface area (Å²) in [5, 5.41) is 6.41. The van der Waals surface area contributed by atoms with E-state index in [0.717, 1.165) is 12.5 Å². The van der Waals surface area contributed by atoms with E-state index < -0.39 is 0 Å². The molecule has 2 N–H and O–H groups in total. The number of rotatable bonds is 6. The summed E-state index contributed by atoms with van der Waals surface area (Å²) in [4.78, 5) is 11.8. The van der Waals surface area contributed by atoms with Crippen molar-refractivity contribution in [3.8, 4) is 0 Å². The molecule has 3 heteroatoms. The Morgan fingerprint density at radius 1 is 1.18 bits per heavy atom. The lowest BCUT2D eigenvalue weighted by molar-refractivity contribution is -0.123. The van der Waals surface area contributed by atoms with E-state index in [-0.39, 0.29) is 11.9 Å². The Bertz CT molecular complexity index is 234. The predicted molar refractivity (Wildman–Crippen MR) is 71.9 cm³/mol. The highest BCUT2D eigenvalue weighted by Gasteiger charge is 2.24. The van der Waals surface area contributed by atoms with Gasteiger partial charge in [-0.25, -0.2) is 0 Å². The zero-order valence-corrected chi connectivity index (χ0v) is 11.8. The summed E-state index contributed by atoms with van der Waals surface area (Å²) in [6.07, 6.45) is 5.33. The van der Waals surface area contributed by atoms with Crippen LogP contribution < -0.4 is 10.6 Å². The average molecular weight is 240 g/mol. The van der Waals surface area contributed by atoms with Gasteiger partial charge in [0, 0.05) is 12.6 Å². The van der Waals surface area contributed by atoms with Crippen molar-refractivity contribution < 1.29 is 4.79 Å². The molecule has 1 amide bonds. The van der Waals surface area contributed by atoms with Crippen LogP contribution in [0.3, 0.4) is 0 Å². The van der Waals surface area contributed by atoms with Crippen molar-refractivity contribution in [3.63, 3.8) is 0 Å². The summed E-state index contributed by atoms with van der Waals surface area (Å²) in [7, 11) is 0. The second kappa shape index (κ2) is 7.00. The second-order valence-corrected chi connectivity index (χ2v) is 5.86. The molecule has 0 bridgehead atoms. The molecule has 1 unspecified atom stereocenters. The Hall–Kier alpha value is -0.570. The fraction of sp³-hybridized carbons (Fsp3) is 0.929. The van der Waals surface area contributed by atoms with Crippen molar-refractivity contribution >= 4 is 5.91 Å². The molecule has 0 heterocycles. The van der Waals surface area contributed by atoms with E-state index in [1.54, 1.807) is 0 Å². The van der Waals surface area contributed by atoms with Gasteiger partial charge in [0.15, 0.2) is 0 Å². The van der Waals surface area contributed by atoms with E-state index in [1.165, 1.54) is 25.7 Å². The molecule has 3 nitrogen and oxygen atoms in total. The summed E-state index contributed by atoms with van der Waals surface area (Å²) < 4.78 is 0. The Kier molecular flexibility index (Phi) is 5.96. The second-order valence-electron chi connectivity index (χ2n) is 5.86. The fourth-order valence-electron chi connectivity index (χ4n) is 2.52. The number of hydrogen-bond donors (Lipinski definition) is 2. The molecule has 1 aliphatic rings. The largest absolute Gasteiger partial charge is 0.354 e. The van der Waals surface area contributed by atoms with Gasteiger partial charge in [0.05, 0.1) is 6.04 Å². The fourth-order valence-corrected chi connectivity index (χ4v) is 2.52. The third-order valence-electron chi connectivity index (χ3n) is 3.70. The third-order valence-corrected chi connectivity index (χ3v) is 3.70.